The van der Waals surface area contributed by atoms with Gasteiger partial charge in [0.25, 0.3) is 10.0 Å². The van der Waals surface area contributed by atoms with Gasteiger partial charge in [0.05, 0.1) is 4.90 Å². The molecule has 3 amide bonds. The van der Waals surface area contributed by atoms with Gasteiger partial charge in [-0.15, -0.1) is 0 Å². The van der Waals surface area contributed by atoms with Crippen molar-refractivity contribution >= 4 is 33.6 Å². The van der Waals surface area contributed by atoms with Crippen LogP contribution in [0.5, 0.6) is 0 Å². The molecule has 0 spiro atoms. The second-order valence-electron chi connectivity index (χ2n) is 9.04. The van der Waals surface area contributed by atoms with E-state index in [4.69, 9.17) is 11.6 Å². The molecule has 0 radical (unpaired) electrons. The quantitative estimate of drug-likeness (QED) is 0.607. The number of sulfonamides is 1. The Morgan fingerprint density at radius 1 is 0.943 bits per heavy atom. The second-order valence-corrected chi connectivity index (χ2v) is 11.2. The molecule has 2 saturated heterocycles. The first-order valence-corrected chi connectivity index (χ1v) is 13.7. The number of amides is 3. The zero-order valence-corrected chi connectivity index (χ0v) is 21.0. The topological polar surface area (TPSA) is 112 Å². The third-order valence-corrected chi connectivity index (χ3v) is 8.18. The number of piperidine rings is 2. The number of rotatable bonds is 6. The van der Waals surface area contributed by atoms with Gasteiger partial charge < -0.3 is 10.2 Å². The summed E-state index contributed by atoms with van der Waals surface area (Å²) in [6, 6.07) is 8.65. The van der Waals surface area contributed by atoms with Gasteiger partial charge in [0, 0.05) is 49.0 Å². The molecular formula is C24H30ClN5O4S. The summed E-state index contributed by atoms with van der Waals surface area (Å²) in [5, 5.41) is 3.13. The SMILES string of the molecule is O=C(NC1CCN(C(=O)C2CCN(Cc3ccncc3)CC2)CC1)NS(=O)(=O)c1ccc(Cl)cc1. The number of halogens is 1. The van der Waals surface area contributed by atoms with Crippen molar-refractivity contribution in [3.8, 4) is 0 Å². The van der Waals surface area contributed by atoms with E-state index in [1.807, 2.05) is 21.8 Å². The smallest absolute Gasteiger partial charge is 0.328 e. The number of pyridine rings is 1. The molecule has 35 heavy (non-hydrogen) atoms. The van der Waals surface area contributed by atoms with E-state index in [9.17, 15) is 18.0 Å². The standard InChI is InChI=1S/C24H30ClN5O4S/c25-20-1-3-22(4-2-20)35(33,34)28-24(32)27-21-9-15-30(16-10-21)23(31)19-7-13-29(14-8-19)17-18-5-11-26-12-6-18/h1-6,11-12,19,21H,7-10,13-17H2,(H2,27,28,32). The summed E-state index contributed by atoms with van der Waals surface area (Å²) in [6.07, 6.45) is 6.45. The van der Waals surface area contributed by atoms with Gasteiger partial charge >= 0.3 is 6.03 Å². The van der Waals surface area contributed by atoms with Crippen molar-refractivity contribution in [2.75, 3.05) is 26.2 Å². The maximum atomic E-state index is 13.0. The summed E-state index contributed by atoms with van der Waals surface area (Å²) in [5.41, 5.74) is 1.23. The number of aromatic nitrogens is 1. The summed E-state index contributed by atoms with van der Waals surface area (Å²) >= 11 is 5.79. The number of likely N-dealkylation sites (tertiary alicyclic amines) is 2. The van der Waals surface area contributed by atoms with Gasteiger partial charge in [0.1, 0.15) is 0 Å². The van der Waals surface area contributed by atoms with Gasteiger partial charge in [-0.05, 0) is 80.7 Å². The molecule has 2 fully saturated rings. The van der Waals surface area contributed by atoms with Gasteiger partial charge in [0.2, 0.25) is 5.91 Å². The zero-order valence-electron chi connectivity index (χ0n) is 19.4. The van der Waals surface area contributed by atoms with Gasteiger partial charge in [0.15, 0.2) is 0 Å². The summed E-state index contributed by atoms with van der Waals surface area (Å²) in [7, 11) is -3.98. The lowest BCUT2D eigenvalue weighted by atomic mass is 9.93. The van der Waals surface area contributed by atoms with Crippen molar-refractivity contribution in [1.29, 1.82) is 0 Å². The van der Waals surface area contributed by atoms with Crippen molar-refractivity contribution in [1.82, 2.24) is 24.8 Å². The van der Waals surface area contributed by atoms with E-state index >= 15 is 0 Å². The Morgan fingerprint density at radius 3 is 2.20 bits per heavy atom. The average Bonchev–Trinajstić information content (AvgIpc) is 2.85. The molecule has 0 bridgehead atoms. The van der Waals surface area contributed by atoms with Crippen molar-refractivity contribution < 1.29 is 18.0 Å². The largest absolute Gasteiger partial charge is 0.342 e. The molecule has 2 aliphatic heterocycles. The van der Waals surface area contributed by atoms with Crippen LogP contribution in [-0.2, 0) is 21.4 Å². The number of benzene rings is 1. The van der Waals surface area contributed by atoms with Gasteiger partial charge in [-0.3, -0.25) is 14.7 Å². The molecule has 2 aliphatic rings. The van der Waals surface area contributed by atoms with Crippen LogP contribution in [0.4, 0.5) is 4.79 Å². The van der Waals surface area contributed by atoms with E-state index in [0.29, 0.717) is 31.0 Å². The van der Waals surface area contributed by atoms with Crippen LogP contribution in [-0.4, -0.2) is 67.4 Å². The fourth-order valence-electron chi connectivity index (χ4n) is 4.60. The predicted molar refractivity (Wildman–Crippen MR) is 132 cm³/mol. The fourth-order valence-corrected chi connectivity index (χ4v) is 5.64. The summed E-state index contributed by atoms with van der Waals surface area (Å²) in [5.74, 6) is 0.211. The molecule has 2 N–H and O–H groups in total. The van der Waals surface area contributed by atoms with E-state index < -0.39 is 16.1 Å². The zero-order chi connectivity index (χ0) is 24.8. The Balaban J connectivity index is 1.19. The minimum absolute atomic E-state index is 0.0287. The second kappa shape index (κ2) is 11.4. The number of urea groups is 1. The molecule has 188 valence electrons. The Labute approximate surface area is 210 Å². The molecule has 0 saturated carbocycles. The first-order valence-electron chi connectivity index (χ1n) is 11.8. The number of carbonyl (C=O) groups is 2. The average molecular weight is 520 g/mol. The van der Waals surface area contributed by atoms with Crippen molar-refractivity contribution in [2.24, 2.45) is 5.92 Å². The van der Waals surface area contributed by atoms with E-state index in [-0.39, 0.29) is 22.8 Å². The van der Waals surface area contributed by atoms with Crippen LogP contribution in [0.25, 0.3) is 0 Å². The molecule has 4 rings (SSSR count). The maximum absolute atomic E-state index is 13.0. The molecule has 0 atom stereocenters. The maximum Gasteiger partial charge on any atom is 0.328 e. The number of nitrogens with zero attached hydrogens (tertiary/aromatic N) is 3. The van der Waals surface area contributed by atoms with Crippen LogP contribution in [0.2, 0.25) is 5.02 Å². The molecular weight excluding hydrogens is 490 g/mol. The summed E-state index contributed by atoms with van der Waals surface area (Å²) < 4.78 is 26.8. The van der Waals surface area contributed by atoms with E-state index in [0.717, 1.165) is 32.5 Å². The van der Waals surface area contributed by atoms with Crippen LogP contribution in [0, 0.1) is 5.92 Å². The number of hydrogen-bond acceptors (Lipinski definition) is 6. The van der Waals surface area contributed by atoms with Crippen LogP contribution >= 0.6 is 11.6 Å². The monoisotopic (exact) mass is 519 g/mol. The highest BCUT2D eigenvalue weighted by Gasteiger charge is 2.31. The van der Waals surface area contributed by atoms with Crippen LogP contribution in [0.15, 0.2) is 53.7 Å². The summed E-state index contributed by atoms with van der Waals surface area (Å²) in [4.78, 5) is 33.6. The highest BCUT2D eigenvalue weighted by molar-refractivity contribution is 7.90. The predicted octanol–water partition coefficient (Wildman–Crippen LogP) is 2.63. The molecule has 3 heterocycles. The third-order valence-electron chi connectivity index (χ3n) is 6.59. The molecule has 0 aliphatic carbocycles. The molecule has 0 unspecified atom stereocenters. The molecule has 1 aromatic heterocycles. The first kappa shape index (κ1) is 25.4. The van der Waals surface area contributed by atoms with E-state index in [1.165, 1.54) is 29.8 Å². The lowest BCUT2D eigenvalue weighted by Gasteiger charge is -2.37. The number of carbonyl (C=O) groups excluding carboxylic acids is 2. The highest BCUT2D eigenvalue weighted by atomic mass is 35.5. The van der Waals surface area contributed by atoms with E-state index in [1.54, 1.807) is 12.4 Å². The first-order chi connectivity index (χ1) is 16.8. The summed E-state index contributed by atoms with van der Waals surface area (Å²) in [6.45, 7) is 3.74. The highest BCUT2D eigenvalue weighted by Crippen LogP contribution is 2.23. The molecule has 1 aromatic carbocycles. The van der Waals surface area contributed by atoms with Gasteiger partial charge in [-0.25, -0.2) is 17.9 Å². The van der Waals surface area contributed by atoms with Gasteiger partial charge in [-0.1, -0.05) is 11.6 Å². The fraction of sp³-hybridized carbons (Fsp3) is 0.458. The van der Waals surface area contributed by atoms with Crippen molar-refractivity contribution in [2.45, 2.75) is 43.2 Å². The van der Waals surface area contributed by atoms with Crippen molar-refractivity contribution in [3.05, 3.63) is 59.4 Å². The molecule has 9 nitrogen and oxygen atoms in total. The number of hydrogen-bond donors (Lipinski definition) is 2. The lowest BCUT2D eigenvalue weighted by Crippen LogP contribution is -2.51. The Bertz CT molecular complexity index is 1110. The minimum atomic E-state index is -3.98. The van der Waals surface area contributed by atoms with E-state index in [2.05, 4.69) is 15.2 Å². The van der Waals surface area contributed by atoms with Crippen molar-refractivity contribution in [3.63, 3.8) is 0 Å². The van der Waals surface area contributed by atoms with Crippen LogP contribution in [0.1, 0.15) is 31.2 Å². The van der Waals surface area contributed by atoms with Crippen LogP contribution in [0.3, 0.4) is 0 Å². The lowest BCUT2D eigenvalue weighted by molar-refractivity contribution is -0.138. The Morgan fingerprint density at radius 2 is 1.57 bits per heavy atom. The minimum Gasteiger partial charge on any atom is -0.342 e. The number of nitrogens with one attached hydrogen (secondary N) is 2. The molecule has 11 heteroatoms. The Hall–Kier alpha value is -2.69. The molecule has 2 aromatic rings. The van der Waals surface area contributed by atoms with Crippen LogP contribution < -0.4 is 10.0 Å². The normalized spacial score (nSPS) is 18.3. The third kappa shape index (κ3) is 6.93. The Kier molecular flexibility index (Phi) is 8.25. The van der Waals surface area contributed by atoms with Gasteiger partial charge in [-0.2, -0.15) is 0 Å².